The summed E-state index contributed by atoms with van der Waals surface area (Å²) in [6, 6.07) is 17.9. The van der Waals surface area contributed by atoms with Gasteiger partial charge in [0.05, 0.1) is 4.91 Å². The predicted molar refractivity (Wildman–Crippen MR) is 144 cm³/mol. The molecule has 36 heavy (non-hydrogen) atoms. The average molecular weight is 541 g/mol. The first kappa shape index (κ1) is 25.8. The molecule has 3 amide bonds. The van der Waals surface area contributed by atoms with E-state index in [1.54, 1.807) is 48.5 Å². The zero-order chi connectivity index (χ0) is 25.8. The second kappa shape index (κ2) is 11.2. The first-order chi connectivity index (χ1) is 17.2. The van der Waals surface area contributed by atoms with Crippen molar-refractivity contribution in [3.8, 4) is 5.75 Å². The van der Waals surface area contributed by atoms with Gasteiger partial charge in [-0.2, -0.15) is 0 Å². The van der Waals surface area contributed by atoms with E-state index in [0.717, 1.165) is 38.9 Å². The van der Waals surface area contributed by atoms with Gasteiger partial charge >= 0.3 is 0 Å². The number of aryl methyl sites for hydroxylation is 2. The van der Waals surface area contributed by atoms with Crippen molar-refractivity contribution in [1.29, 1.82) is 0 Å². The van der Waals surface area contributed by atoms with Gasteiger partial charge in [0.2, 0.25) is 5.91 Å². The van der Waals surface area contributed by atoms with Crippen LogP contribution in [0.2, 0.25) is 10.0 Å². The summed E-state index contributed by atoms with van der Waals surface area (Å²) in [5.41, 5.74) is 4.16. The molecule has 0 saturated carbocycles. The number of benzene rings is 3. The molecule has 0 atom stereocenters. The number of ether oxygens (including phenoxy) is 1. The van der Waals surface area contributed by atoms with Crippen molar-refractivity contribution in [2.45, 2.75) is 20.5 Å². The van der Waals surface area contributed by atoms with E-state index in [1.165, 1.54) is 0 Å². The van der Waals surface area contributed by atoms with Crippen LogP contribution in [0.4, 0.5) is 10.5 Å². The molecule has 0 spiro atoms. The molecule has 0 bridgehead atoms. The summed E-state index contributed by atoms with van der Waals surface area (Å²) >= 11 is 12.9. The maximum atomic E-state index is 12.8. The predicted octanol–water partition coefficient (Wildman–Crippen LogP) is 6.86. The van der Waals surface area contributed by atoms with Gasteiger partial charge in [-0.1, -0.05) is 47.5 Å². The van der Waals surface area contributed by atoms with Gasteiger partial charge in [-0.3, -0.25) is 19.3 Å². The van der Waals surface area contributed by atoms with Crippen molar-refractivity contribution < 1.29 is 19.1 Å². The first-order valence-corrected chi connectivity index (χ1v) is 12.6. The van der Waals surface area contributed by atoms with Crippen LogP contribution < -0.4 is 10.1 Å². The summed E-state index contributed by atoms with van der Waals surface area (Å²) in [5.74, 6) is -0.321. The third kappa shape index (κ3) is 6.49. The van der Waals surface area contributed by atoms with E-state index in [0.29, 0.717) is 21.5 Å². The molecule has 1 saturated heterocycles. The lowest BCUT2D eigenvalue weighted by atomic mass is 10.1. The summed E-state index contributed by atoms with van der Waals surface area (Å²) in [6.07, 6.45) is 1.62. The molecule has 3 aromatic rings. The fourth-order valence-corrected chi connectivity index (χ4v) is 4.94. The molecule has 1 aliphatic rings. The van der Waals surface area contributed by atoms with Crippen LogP contribution in [0.15, 0.2) is 65.6 Å². The summed E-state index contributed by atoms with van der Waals surface area (Å²) in [4.78, 5) is 38.9. The van der Waals surface area contributed by atoms with Gasteiger partial charge in [0.25, 0.3) is 11.1 Å². The molecule has 1 aliphatic heterocycles. The summed E-state index contributed by atoms with van der Waals surface area (Å²) in [7, 11) is 0. The van der Waals surface area contributed by atoms with E-state index < -0.39 is 17.1 Å². The summed E-state index contributed by atoms with van der Waals surface area (Å²) in [5, 5.41) is 3.35. The van der Waals surface area contributed by atoms with Crippen LogP contribution in [-0.4, -0.2) is 28.5 Å². The lowest BCUT2D eigenvalue weighted by molar-refractivity contribution is -0.127. The van der Waals surface area contributed by atoms with Gasteiger partial charge < -0.3 is 10.1 Å². The number of hydrogen-bond donors (Lipinski definition) is 1. The van der Waals surface area contributed by atoms with Crippen LogP contribution in [0.5, 0.6) is 5.75 Å². The van der Waals surface area contributed by atoms with Crippen molar-refractivity contribution in [2.75, 3.05) is 11.9 Å². The topological polar surface area (TPSA) is 75.7 Å². The number of rotatable bonds is 7. The number of nitrogens with one attached hydrogen (secondary N) is 1. The number of halogens is 2. The zero-order valence-corrected chi connectivity index (χ0v) is 21.8. The number of hydrogen-bond acceptors (Lipinski definition) is 5. The highest BCUT2D eigenvalue weighted by atomic mass is 35.5. The third-order valence-electron chi connectivity index (χ3n) is 5.27. The van der Waals surface area contributed by atoms with E-state index in [4.69, 9.17) is 27.9 Å². The van der Waals surface area contributed by atoms with E-state index in [9.17, 15) is 14.4 Å². The number of anilines is 1. The molecule has 1 N–H and O–H groups in total. The van der Waals surface area contributed by atoms with Crippen molar-refractivity contribution in [3.63, 3.8) is 0 Å². The Bertz CT molecular complexity index is 1350. The molecule has 4 rings (SSSR count). The highest BCUT2D eigenvalue weighted by molar-refractivity contribution is 8.18. The van der Waals surface area contributed by atoms with Crippen molar-refractivity contribution in [1.82, 2.24) is 4.90 Å². The van der Waals surface area contributed by atoms with Crippen LogP contribution in [-0.2, 0) is 16.2 Å². The smallest absolute Gasteiger partial charge is 0.294 e. The summed E-state index contributed by atoms with van der Waals surface area (Å²) < 4.78 is 5.77. The Labute approximate surface area is 223 Å². The molecule has 0 aliphatic carbocycles. The Morgan fingerprint density at radius 3 is 2.36 bits per heavy atom. The fraction of sp³-hybridized carbons (Fsp3) is 0.148. The minimum absolute atomic E-state index is 0.251. The van der Waals surface area contributed by atoms with Gasteiger partial charge in [0.15, 0.2) is 0 Å². The molecule has 0 radical (unpaired) electrons. The van der Waals surface area contributed by atoms with Crippen LogP contribution in [0.1, 0.15) is 22.3 Å². The van der Waals surface area contributed by atoms with Crippen LogP contribution >= 0.6 is 35.0 Å². The van der Waals surface area contributed by atoms with Gasteiger partial charge in [-0.15, -0.1) is 0 Å². The normalized spacial score (nSPS) is 14.4. The Kier molecular flexibility index (Phi) is 8.04. The fourth-order valence-electron chi connectivity index (χ4n) is 3.64. The number of thioether (sulfide) groups is 1. The molecule has 0 unspecified atom stereocenters. The zero-order valence-electron chi connectivity index (χ0n) is 19.5. The Balaban J connectivity index is 1.36. The highest BCUT2D eigenvalue weighted by Crippen LogP contribution is 2.32. The standard InChI is InChI=1S/C27H22Cl2N2O4S/c1-16-9-17(2)11-21(10-16)30-25(32)14-31-26(33)24(36-27(31)34)12-18-3-7-22(8-4-18)35-15-19-5-6-20(28)13-23(19)29/h3-13H,14-15H2,1-2H3,(H,30,32)/b24-12+. The second-order valence-electron chi connectivity index (χ2n) is 8.29. The Morgan fingerprint density at radius 1 is 1.00 bits per heavy atom. The third-order valence-corrected chi connectivity index (χ3v) is 6.76. The largest absolute Gasteiger partial charge is 0.489 e. The quantitative estimate of drug-likeness (QED) is 0.331. The SMILES string of the molecule is Cc1cc(C)cc(NC(=O)CN2C(=O)S/C(=C/c3ccc(OCc4ccc(Cl)cc4Cl)cc3)C2=O)c1. The van der Waals surface area contributed by atoms with Crippen molar-refractivity contribution >= 4 is 63.8 Å². The van der Waals surface area contributed by atoms with E-state index in [1.807, 2.05) is 32.0 Å². The minimum atomic E-state index is -0.502. The van der Waals surface area contributed by atoms with Crippen LogP contribution in [0.25, 0.3) is 6.08 Å². The number of carbonyl (C=O) groups is 3. The van der Waals surface area contributed by atoms with Crippen LogP contribution in [0, 0.1) is 13.8 Å². The van der Waals surface area contributed by atoms with Gasteiger partial charge in [0.1, 0.15) is 18.9 Å². The highest BCUT2D eigenvalue weighted by Gasteiger charge is 2.36. The molecule has 1 fully saturated rings. The molecule has 184 valence electrons. The van der Waals surface area contributed by atoms with E-state index in [-0.39, 0.29) is 18.1 Å². The number of amides is 3. The number of nitrogens with zero attached hydrogens (tertiary/aromatic N) is 1. The Morgan fingerprint density at radius 2 is 1.69 bits per heavy atom. The van der Waals surface area contributed by atoms with Crippen LogP contribution in [0.3, 0.4) is 0 Å². The molecule has 3 aromatic carbocycles. The molecule has 6 nitrogen and oxygen atoms in total. The summed E-state index contributed by atoms with van der Waals surface area (Å²) in [6.45, 7) is 3.78. The maximum absolute atomic E-state index is 12.8. The van der Waals surface area contributed by atoms with Crippen molar-refractivity contribution in [3.05, 3.63) is 97.9 Å². The average Bonchev–Trinajstić information content (AvgIpc) is 3.06. The van der Waals surface area contributed by atoms with Gasteiger partial charge in [-0.05, 0) is 84.8 Å². The monoisotopic (exact) mass is 540 g/mol. The van der Waals surface area contributed by atoms with Gasteiger partial charge in [0, 0.05) is 21.3 Å². The van der Waals surface area contributed by atoms with E-state index >= 15 is 0 Å². The second-order valence-corrected chi connectivity index (χ2v) is 10.1. The molecular formula is C27H22Cl2N2O4S. The van der Waals surface area contributed by atoms with Crippen molar-refractivity contribution in [2.24, 2.45) is 0 Å². The molecular weight excluding hydrogens is 519 g/mol. The molecule has 1 heterocycles. The minimum Gasteiger partial charge on any atom is -0.489 e. The molecule has 0 aromatic heterocycles. The molecule has 9 heteroatoms. The Hall–Kier alpha value is -3.26. The lowest BCUT2D eigenvalue weighted by Crippen LogP contribution is -2.36. The number of carbonyl (C=O) groups excluding carboxylic acids is 3. The first-order valence-electron chi connectivity index (χ1n) is 11.0. The maximum Gasteiger partial charge on any atom is 0.294 e. The number of imide groups is 1. The van der Waals surface area contributed by atoms with E-state index in [2.05, 4.69) is 5.32 Å². The van der Waals surface area contributed by atoms with Gasteiger partial charge in [-0.25, -0.2) is 0 Å². The lowest BCUT2D eigenvalue weighted by Gasteiger charge is -2.13.